The van der Waals surface area contributed by atoms with Crippen molar-refractivity contribution >= 4 is 23.6 Å². The summed E-state index contributed by atoms with van der Waals surface area (Å²) in [4.78, 5) is 43.4. The maximum atomic E-state index is 14.1. The van der Waals surface area contributed by atoms with E-state index < -0.39 is 41.0 Å². The SMILES string of the molecule is NC(=O)[C@](C(=O)NCc1ccc(N)nc1)(c1ccc(F)c(F)c1)N1CCCC[C@@H]1C(=O)O. The van der Waals surface area contributed by atoms with E-state index in [1.807, 2.05) is 0 Å². The molecule has 3 rings (SSSR count). The number of primary amides is 1. The zero-order valence-corrected chi connectivity index (χ0v) is 17.1. The molecule has 0 radical (unpaired) electrons. The lowest BCUT2D eigenvalue weighted by atomic mass is 9.82. The van der Waals surface area contributed by atoms with Crippen molar-refractivity contribution in [3.05, 3.63) is 59.3 Å². The van der Waals surface area contributed by atoms with Crippen molar-refractivity contribution in [3.8, 4) is 0 Å². The average Bonchev–Trinajstić information content (AvgIpc) is 2.76. The number of anilines is 1. The zero-order chi connectivity index (χ0) is 23.5. The van der Waals surface area contributed by atoms with Crippen LogP contribution in [0.4, 0.5) is 14.6 Å². The predicted octanol–water partition coefficient (Wildman–Crippen LogP) is 0.878. The fourth-order valence-electron chi connectivity index (χ4n) is 3.98. The number of carboxylic acids is 1. The number of nitrogens with zero attached hydrogens (tertiary/aromatic N) is 2. The monoisotopic (exact) mass is 447 g/mol. The van der Waals surface area contributed by atoms with Gasteiger partial charge in [-0.05, 0) is 42.2 Å². The smallest absolute Gasteiger partial charge is 0.320 e. The van der Waals surface area contributed by atoms with Gasteiger partial charge in [0.05, 0.1) is 0 Å². The van der Waals surface area contributed by atoms with Crippen LogP contribution < -0.4 is 16.8 Å². The number of carboxylic acid groups (broad SMARTS) is 1. The van der Waals surface area contributed by atoms with Gasteiger partial charge in [0.1, 0.15) is 11.9 Å². The van der Waals surface area contributed by atoms with Crippen molar-refractivity contribution < 1.29 is 28.3 Å². The normalized spacial score (nSPS) is 18.5. The van der Waals surface area contributed by atoms with E-state index in [2.05, 4.69) is 10.3 Å². The molecule has 1 aliphatic rings. The molecule has 2 heterocycles. The highest BCUT2D eigenvalue weighted by Gasteiger charge is 2.55. The van der Waals surface area contributed by atoms with E-state index in [-0.39, 0.29) is 30.9 Å². The topological polar surface area (TPSA) is 152 Å². The number of piperidine rings is 1. The largest absolute Gasteiger partial charge is 0.480 e. The van der Waals surface area contributed by atoms with Crippen LogP contribution in [-0.4, -0.2) is 45.4 Å². The number of amides is 2. The third-order valence-electron chi connectivity index (χ3n) is 5.54. The summed E-state index contributed by atoms with van der Waals surface area (Å²) < 4.78 is 27.8. The number of nitrogens with two attached hydrogens (primary N) is 2. The number of likely N-dealkylation sites (tertiary alicyclic amines) is 1. The lowest BCUT2D eigenvalue weighted by Crippen LogP contribution is -2.67. The van der Waals surface area contributed by atoms with Gasteiger partial charge in [-0.25, -0.2) is 13.8 Å². The van der Waals surface area contributed by atoms with Gasteiger partial charge in [0.2, 0.25) is 5.54 Å². The number of carbonyl (C=O) groups is 3. The number of benzene rings is 1. The molecule has 1 fully saturated rings. The number of carbonyl (C=O) groups excluding carboxylic acids is 2. The van der Waals surface area contributed by atoms with E-state index in [0.717, 1.165) is 17.0 Å². The first-order chi connectivity index (χ1) is 15.2. The first-order valence-corrected chi connectivity index (χ1v) is 9.91. The molecule has 0 saturated carbocycles. The quantitative estimate of drug-likeness (QED) is 0.460. The summed E-state index contributed by atoms with van der Waals surface area (Å²) in [5, 5.41) is 12.3. The summed E-state index contributed by atoms with van der Waals surface area (Å²) in [6.45, 7) is -0.0495. The van der Waals surface area contributed by atoms with Crippen molar-refractivity contribution in [3.63, 3.8) is 0 Å². The number of hydrogen-bond acceptors (Lipinski definition) is 6. The van der Waals surface area contributed by atoms with Gasteiger partial charge in [-0.1, -0.05) is 18.6 Å². The van der Waals surface area contributed by atoms with E-state index >= 15 is 0 Å². The number of halogens is 2. The van der Waals surface area contributed by atoms with Crippen LogP contribution in [0.5, 0.6) is 0 Å². The van der Waals surface area contributed by atoms with Crippen molar-refractivity contribution in [1.82, 2.24) is 15.2 Å². The number of aliphatic carboxylic acids is 1. The predicted molar refractivity (Wildman–Crippen MR) is 110 cm³/mol. The number of rotatable bonds is 7. The molecule has 0 bridgehead atoms. The Hall–Kier alpha value is -3.60. The maximum absolute atomic E-state index is 14.1. The Kier molecular flexibility index (Phi) is 6.68. The first kappa shape index (κ1) is 23.1. The van der Waals surface area contributed by atoms with Gasteiger partial charge >= 0.3 is 5.97 Å². The lowest BCUT2D eigenvalue weighted by Gasteiger charge is -2.45. The maximum Gasteiger partial charge on any atom is 0.320 e. The Balaban J connectivity index is 2.10. The van der Waals surface area contributed by atoms with Crippen LogP contribution in [0.2, 0.25) is 0 Å². The second kappa shape index (κ2) is 9.27. The molecule has 0 unspecified atom stereocenters. The van der Waals surface area contributed by atoms with Crippen LogP contribution in [0.3, 0.4) is 0 Å². The molecule has 0 aliphatic carbocycles. The van der Waals surface area contributed by atoms with E-state index in [1.54, 1.807) is 6.07 Å². The van der Waals surface area contributed by atoms with Gasteiger partial charge in [-0.15, -0.1) is 0 Å². The molecule has 11 heteroatoms. The number of aromatic nitrogens is 1. The van der Waals surface area contributed by atoms with E-state index in [0.29, 0.717) is 24.5 Å². The highest BCUT2D eigenvalue weighted by molar-refractivity contribution is 6.10. The molecule has 32 heavy (non-hydrogen) atoms. The molecule has 2 atom stereocenters. The fraction of sp³-hybridized carbons (Fsp3) is 0.333. The Labute approximate surface area is 182 Å². The lowest BCUT2D eigenvalue weighted by molar-refractivity contribution is -0.158. The minimum absolute atomic E-state index is 0.0374. The molecule has 1 saturated heterocycles. The number of pyridine rings is 1. The van der Waals surface area contributed by atoms with Crippen LogP contribution in [0.25, 0.3) is 0 Å². The molecule has 6 N–H and O–H groups in total. The fourth-order valence-corrected chi connectivity index (χ4v) is 3.98. The highest BCUT2D eigenvalue weighted by atomic mass is 19.2. The first-order valence-electron chi connectivity index (χ1n) is 9.91. The van der Waals surface area contributed by atoms with Gasteiger partial charge in [-0.2, -0.15) is 0 Å². The van der Waals surface area contributed by atoms with Gasteiger partial charge in [0.15, 0.2) is 11.6 Å². The molecule has 170 valence electrons. The summed E-state index contributed by atoms with van der Waals surface area (Å²) in [5.41, 5.74) is 9.15. The van der Waals surface area contributed by atoms with Crippen molar-refractivity contribution in [2.45, 2.75) is 37.4 Å². The molecule has 1 aromatic heterocycles. The van der Waals surface area contributed by atoms with E-state index in [1.165, 1.54) is 12.3 Å². The Morgan fingerprint density at radius 1 is 1.19 bits per heavy atom. The summed E-state index contributed by atoms with van der Waals surface area (Å²) in [6.07, 6.45) is 2.61. The van der Waals surface area contributed by atoms with E-state index in [9.17, 15) is 28.3 Å². The number of hydrogen-bond donors (Lipinski definition) is 4. The minimum Gasteiger partial charge on any atom is -0.480 e. The third kappa shape index (κ3) is 4.24. The molecule has 1 aromatic carbocycles. The Morgan fingerprint density at radius 2 is 1.94 bits per heavy atom. The van der Waals surface area contributed by atoms with Gasteiger partial charge in [-0.3, -0.25) is 19.3 Å². The van der Waals surface area contributed by atoms with Crippen molar-refractivity contribution in [1.29, 1.82) is 0 Å². The van der Waals surface area contributed by atoms with Crippen LogP contribution in [0, 0.1) is 11.6 Å². The van der Waals surface area contributed by atoms with Crippen molar-refractivity contribution in [2.75, 3.05) is 12.3 Å². The average molecular weight is 447 g/mol. The third-order valence-corrected chi connectivity index (χ3v) is 5.54. The van der Waals surface area contributed by atoms with Gasteiger partial charge in [0, 0.05) is 19.3 Å². The number of nitrogens with one attached hydrogen (secondary N) is 1. The molecule has 2 aromatic rings. The molecular weight excluding hydrogens is 424 g/mol. The summed E-state index contributed by atoms with van der Waals surface area (Å²) >= 11 is 0. The standard InChI is InChI=1S/C21H23F2N5O4/c22-14-6-5-13(9-15(14)23)21(19(25)31,28-8-2-1-3-16(28)18(29)30)20(32)27-11-12-4-7-17(24)26-10-12/h4-7,9-10,16H,1-3,8,11H2,(H2,24,26)(H2,25,31)(H,27,32)(H,29,30)/t16-,21+/m1/s1. The summed E-state index contributed by atoms with van der Waals surface area (Å²) in [6, 6.07) is 4.41. The number of nitrogen functional groups attached to an aromatic ring is 1. The molecule has 9 nitrogen and oxygen atoms in total. The summed E-state index contributed by atoms with van der Waals surface area (Å²) in [7, 11) is 0. The highest BCUT2D eigenvalue weighted by Crippen LogP contribution is 2.36. The molecular formula is C21H23F2N5O4. The Morgan fingerprint density at radius 3 is 2.53 bits per heavy atom. The van der Waals surface area contributed by atoms with Crippen LogP contribution in [-0.2, 0) is 26.5 Å². The van der Waals surface area contributed by atoms with Gasteiger partial charge < -0.3 is 21.9 Å². The van der Waals surface area contributed by atoms with Crippen LogP contribution in [0.1, 0.15) is 30.4 Å². The molecule has 2 amide bonds. The van der Waals surface area contributed by atoms with Crippen LogP contribution in [0.15, 0.2) is 36.5 Å². The van der Waals surface area contributed by atoms with Crippen molar-refractivity contribution in [2.24, 2.45) is 5.73 Å². The summed E-state index contributed by atoms with van der Waals surface area (Å²) in [5.74, 6) is -5.63. The zero-order valence-electron chi connectivity index (χ0n) is 17.1. The minimum atomic E-state index is -2.38. The Bertz CT molecular complexity index is 1030. The van der Waals surface area contributed by atoms with E-state index in [4.69, 9.17) is 11.5 Å². The second-order valence-corrected chi connectivity index (χ2v) is 7.52. The second-order valence-electron chi connectivity index (χ2n) is 7.52. The molecule has 1 aliphatic heterocycles. The van der Waals surface area contributed by atoms with Crippen LogP contribution >= 0.6 is 0 Å². The molecule has 0 spiro atoms. The van der Waals surface area contributed by atoms with Gasteiger partial charge in [0.25, 0.3) is 11.8 Å².